The summed E-state index contributed by atoms with van der Waals surface area (Å²) in [5.74, 6) is 0.150. The van der Waals surface area contributed by atoms with Crippen molar-refractivity contribution >= 4 is 28.8 Å². The number of anilines is 4. The van der Waals surface area contributed by atoms with Crippen molar-refractivity contribution < 1.29 is 15.1 Å². The molecule has 4 N–H and O–H groups in total. The first kappa shape index (κ1) is 16.0. The monoisotopic (exact) mass is 339 g/mol. The van der Waals surface area contributed by atoms with Crippen molar-refractivity contribution in [1.29, 1.82) is 0 Å². The zero-order valence-electron chi connectivity index (χ0n) is 12.7. The van der Waals surface area contributed by atoms with E-state index in [1.54, 1.807) is 24.3 Å². The van der Waals surface area contributed by atoms with Crippen molar-refractivity contribution in [3.63, 3.8) is 0 Å². The van der Waals surface area contributed by atoms with Gasteiger partial charge in [0.15, 0.2) is 0 Å². The molecule has 126 valence electrons. The van der Waals surface area contributed by atoms with E-state index in [9.17, 15) is 20.3 Å². The predicted octanol–water partition coefficient (Wildman–Crippen LogP) is 3.28. The molecule has 0 saturated heterocycles. The molecule has 3 rings (SSSR count). The SMILES string of the molecule is O=[N+]([O-])c1cnc(Nc2cccc(O)c2)nc1Nc1cccc(O)c1. The number of hydrogen-bond acceptors (Lipinski definition) is 8. The van der Waals surface area contributed by atoms with Gasteiger partial charge < -0.3 is 20.8 Å². The van der Waals surface area contributed by atoms with Crippen molar-refractivity contribution in [2.75, 3.05) is 10.6 Å². The van der Waals surface area contributed by atoms with Crippen LogP contribution in [0.25, 0.3) is 0 Å². The minimum absolute atomic E-state index is 0.0137. The Kier molecular flexibility index (Phi) is 4.29. The number of nitrogens with one attached hydrogen (secondary N) is 2. The lowest BCUT2D eigenvalue weighted by molar-refractivity contribution is -0.384. The third kappa shape index (κ3) is 3.91. The summed E-state index contributed by atoms with van der Waals surface area (Å²) in [6.07, 6.45) is 1.07. The first-order chi connectivity index (χ1) is 12.0. The van der Waals surface area contributed by atoms with Crippen LogP contribution in [-0.2, 0) is 0 Å². The molecule has 0 radical (unpaired) electrons. The molecule has 0 aliphatic rings. The Bertz CT molecular complexity index is 932. The summed E-state index contributed by atoms with van der Waals surface area (Å²) < 4.78 is 0. The van der Waals surface area contributed by atoms with Crippen LogP contribution in [0.1, 0.15) is 0 Å². The fourth-order valence-corrected chi connectivity index (χ4v) is 2.09. The molecular weight excluding hydrogens is 326 g/mol. The van der Waals surface area contributed by atoms with Crippen molar-refractivity contribution in [2.45, 2.75) is 0 Å². The summed E-state index contributed by atoms with van der Waals surface area (Å²) in [6, 6.07) is 12.4. The van der Waals surface area contributed by atoms with E-state index >= 15 is 0 Å². The summed E-state index contributed by atoms with van der Waals surface area (Å²) in [7, 11) is 0. The maximum Gasteiger partial charge on any atom is 0.329 e. The van der Waals surface area contributed by atoms with E-state index in [1.165, 1.54) is 24.3 Å². The molecule has 0 bridgehead atoms. The van der Waals surface area contributed by atoms with E-state index in [1.807, 2.05) is 0 Å². The fraction of sp³-hybridized carbons (Fsp3) is 0. The van der Waals surface area contributed by atoms with Gasteiger partial charge in [-0.1, -0.05) is 12.1 Å². The third-order valence-electron chi connectivity index (χ3n) is 3.18. The maximum absolute atomic E-state index is 11.2. The highest BCUT2D eigenvalue weighted by molar-refractivity contribution is 5.68. The molecule has 9 nitrogen and oxygen atoms in total. The Morgan fingerprint density at radius 3 is 2.12 bits per heavy atom. The van der Waals surface area contributed by atoms with Crippen LogP contribution >= 0.6 is 0 Å². The van der Waals surface area contributed by atoms with E-state index in [2.05, 4.69) is 20.6 Å². The smallest absolute Gasteiger partial charge is 0.329 e. The minimum atomic E-state index is -0.608. The average molecular weight is 339 g/mol. The number of hydrogen-bond donors (Lipinski definition) is 4. The Morgan fingerprint density at radius 1 is 0.960 bits per heavy atom. The number of rotatable bonds is 5. The molecule has 0 aliphatic heterocycles. The number of nitro groups is 1. The predicted molar refractivity (Wildman–Crippen MR) is 91.5 cm³/mol. The van der Waals surface area contributed by atoms with Gasteiger partial charge in [-0.05, 0) is 24.3 Å². The molecule has 0 atom stereocenters. The second-order valence-corrected chi connectivity index (χ2v) is 5.04. The minimum Gasteiger partial charge on any atom is -0.508 e. The normalized spacial score (nSPS) is 10.2. The van der Waals surface area contributed by atoms with Crippen LogP contribution in [0, 0.1) is 10.1 Å². The molecule has 0 unspecified atom stereocenters. The van der Waals surface area contributed by atoms with Crippen molar-refractivity contribution in [1.82, 2.24) is 9.97 Å². The highest BCUT2D eigenvalue weighted by Gasteiger charge is 2.18. The van der Waals surface area contributed by atoms with E-state index in [0.717, 1.165) is 6.20 Å². The lowest BCUT2D eigenvalue weighted by Crippen LogP contribution is -2.04. The largest absolute Gasteiger partial charge is 0.508 e. The summed E-state index contributed by atoms with van der Waals surface area (Å²) in [6.45, 7) is 0. The first-order valence-electron chi connectivity index (χ1n) is 7.15. The molecule has 25 heavy (non-hydrogen) atoms. The highest BCUT2D eigenvalue weighted by atomic mass is 16.6. The number of benzene rings is 2. The maximum atomic E-state index is 11.2. The van der Waals surface area contributed by atoms with E-state index in [4.69, 9.17) is 0 Å². The van der Waals surface area contributed by atoms with E-state index < -0.39 is 4.92 Å². The molecule has 2 aromatic carbocycles. The molecule has 0 spiro atoms. The molecule has 1 aromatic heterocycles. The van der Waals surface area contributed by atoms with Crippen LogP contribution in [0.5, 0.6) is 11.5 Å². The lowest BCUT2D eigenvalue weighted by atomic mass is 10.3. The van der Waals surface area contributed by atoms with Gasteiger partial charge in [-0.3, -0.25) is 10.1 Å². The van der Waals surface area contributed by atoms with Gasteiger partial charge in [0.25, 0.3) is 0 Å². The number of aromatic hydroxyl groups is 2. The molecular formula is C16H13N5O4. The van der Waals surface area contributed by atoms with Crippen LogP contribution in [0.2, 0.25) is 0 Å². The highest BCUT2D eigenvalue weighted by Crippen LogP contribution is 2.28. The Balaban J connectivity index is 1.93. The zero-order chi connectivity index (χ0) is 17.8. The quantitative estimate of drug-likeness (QED) is 0.411. The van der Waals surface area contributed by atoms with Gasteiger partial charge in [-0.2, -0.15) is 4.98 Å². The summed E-state index contributed by atoms with van der Waals surface area (Å²) >= 11 is 0. The van der Waals surface area contributed by atoms with E-state index in [0.29, 0.717) is 11.4 Å². The van der Waals surface area contributed by atoms with Gasteiger partial charge in [-0.15, -0.1) is 0 Å². The first-order valence-corrected chi connectivity index (χ1v) is 7.15. The molecule has 0 fully saturated rings. The number of phenols is 2. The van der Waals surface area contributed by atoms with Gasteiger partial charge in [0.2, 0.25) is 11.8 Å². The average Bonchev–Trinajstić information content (AvgIpc) is 2.55. The molecule has 9 heteroatoms. The van der Waals surface area contributed by atoms with Crippen molar-refractivity contribution in [3.05, 3.63) is 64.8 Å². The Morgan fingerprint density at radius 2 is 1.56 bits per heavy atom. The van der Waals surface area contributed by atoms with Crippen LogP contribution in [0.3, 0.4) is 0 Å². The van der Waals surface area contributed by atoms with Crippen molar-refractivity contribution in [3.8, 4) is 11.5 Å². The molecule has 3 aromatic rings. The topological polar surface area (TPSA) is 133 Å². The molecule has 0 saturated carbocycles. The zero-order valence-corrected chi connectivity index (χ0v) is 12.7. The van der Waals surface area contributed by atoms with Crippen molar-refractivity contribution in [2.24, 2.45) is 0 Å². The summed E-state index contributed by atoms with van der Waals surface area (Å²) in [5.41, 5.74) is 0.645. The Hall–Kier alpha value is -3.88. The fourth-order valence-electron chi connectivity index (χ4n) is 2.09. The second-order valence-electron chi connectivity index (χ2n) is 5.04. The molecule has 0 amide bonds. The summed E-state index contributed by atoms with van der Waals surface area (Å²) in [4.78, 5) is 18.6. The number of nitrogens with zero attached hydrogens (tertiary/aromatic N) is 3. The third-order valence-corrected chi connectivity index (χ3v) is 3.18. The molecule has 1 heterocycles. The van der Waals surface area contributed by atoms with Gasteiger partial charge in [0.1, 0.15) is 17.7 Å². The standard InChI is InChI=1S/C16H13N5O4/c22-12-5-1-3-10(7-12)18-15-14(21(24)25)9-17-16(20-15)19-11-4-2-6-13(23)8-11/h1-9,22-23H,(H2,17,18,19,20). The van der Waals surface area contributed by atoms with Gasteiger partial charge in [0.05, 0.1) is 4.92 Å². The lowest BCUT2D eigenvalue weighted by Gasteiger charge is -2.09. The van der Waals surface area contributed by atoms with Crippen LogP contribution < -0.4 is 10.6 Å². The summed E-state index contributed by atoms with van der Waals surface area (Å²) in [5, 5.41) is 35.8. The second kappa shape index (κ2) is 6.71. The molecule has 0 aliphatic carbocycles. The van der Waals surface area contributed by atoms with Crippen LogP contribution in [-0.4, -0.2) is 25.1 Å². The number of aromatic nitrogens is 2. The van der Waals surface area contributed by atoms with E-state index in [-0.39, 0.29) is 29.0 Å². The van der Waals surface area contributed by atoms with Gasteiger partial charge in [-0.25, -0.2) is 4.98 Å². The van der Waals surface area contributed by atoms with Crippen LogP contribution in [0.15, 0.2) is 54.7 Å². The van der Waals surface area contributed by atoms with Gasteiger partial charge in [0, 0.05) is 23.5 Å². The number of phenolic OH excluding ortho intramolecular Hbond substituents is 2. The Labute approximate surface area is 141 Å². The van der Waals surface area contributed by atoms with Gasteiger partial charge >= 0.3 is 5.69 Å². The van der Waals surface area contributed by atoms with Crippen LogP contribution in [0.4, 0.5) is 28.8 Å².